The molecule has 0 saturated carbocycles. The topological polar surface area (TPSA) is 23.5 Å². The van der Waals surface area contributed by atoms with Crippen molar-refractivity contribution in [3.05, 3.63) is 107 Å². The highest BCUT2D eigenvalue weighted by Crippen LogP contribution is 2.36. The second kappa shape index (κ2) is 7.86. The quantitative estimate of drug-likeness (QED) is 0.750. The number of aliphatic hydroxyl groups is 1. The highest BCUT2D eigenvalue weighted by Gasteiger charge is 2.31. The molecule has 2 nitrogen and oxygen atoms in total. The fourth-order valence-corrected chi connectivity index (χ4v) is 4.17. The fraction of sp³-hybridized carbons (Fsp3) is 0.250. The average Bonchev–Trinajstić information content (AvgIpc) is 2.90. The summed E-state index contributed by atoms with van der Waals surface area (Å²) in [4.78, 5) is 2.49. The zero-order chi connectivity index (χ0) is 17.8. The van der Waals surface area contributed by atoms with E-state index in [1.54, 1.807) is 0 Å². The summed E-state index contributed by atoms with van der Waals surface area (Å²) in [6, 6.07) is 30.2. The van der Waals surface area contributed by atoms with Crippen LogP contribution in [0.2, 0.25) is 0 Å². The molecule has 0 unspecified atom stereocenters. The molecule has 4 rings (SSSR count). The summed E-state index contributed by atoms with van der Waals surface area (Å²) in [6.45, 7) is 1.07. The molecule has 0 spiro atoms. The van der Waals surface area contributed by atoms with Crippen molar-refractivity contribution in [1.82, 2.24) is 4.90 Å². The Hall–Kier alpha value is -2.42. The van der Waals surface area contributed by atoms with E-state index in [1.807, 2.05) is 6.07 Å². The van der Waals surface area contributed by atoms with Crippen LogP contribution in [-0.4, -0.2) is 23.2 Å². The second-order valence-corrected chi connectivity index (χ2v) is 7.00. The molecule has 0 bridgehead atoms. The number of fused-ring (bicyclic) bond motifs is 1. The number of aliphatic hydroxyl groups excluding tert-OH is 1. The van der Waals surface area contributed by atoms with E-state index in [9.17, 15) is 5.11 Å². The van der Waals surface area contributed by atoms with Crippen LogP contribution in [0.4, 0.5) is 0 Å². The highest BCUT2D eigenvalue weighted by atomic mass is 16.3. The maximum absolute atomic E-state index is 10.3. The third-order valence-electron chi connectivity index (χ3n) is 5.51. The summed E-state index contributed by atoms with van der Waals surface area (Å²) in [5, 5.41) is 10.3. The lowest BCUT2D eigenvalue weighted by molar-refractivity contribution is 0.0851. The van der Waals surface area contributed by atoms with Crippen LogP contribution >= 0.6 is 0 Å². The summed E-state index contributed by atoms with van der Waals surface area (Å²) in [5.41, 5.74) is 5.36. The summed E-state index contributed by atoms with van der Waals surface area (Å²) < 4.78 is 0. The number of nitrogens with zero attached hydrogens (tertiary/aromatic N) is 1. The Balaban J connectivity index is 1.76. The van der Waals surface area contributed by atoms with Gasteiger partial charge in [0, 0.05) is 12.6 Å². The Kier molecular flexibility index (Phi) is 5.14. The van der Waals surface area contributed by atoms with Crippen LogP contribution in [0, 0.1) is 0 Å². The monoisotopic (exact) mass is 343 g/mol. The molecule has 2 atom stereocenters. The predicted molar refractivity (Wildman–Crippen MR) is 106 cm³/mol. The molecule has 2 heteroatoms. The van der Waals surface area contributed by atoms with Crippen molar-refractivity contribution < 1.29 is 5.11 Å². The number of hydrogen-bond donors (Lipinski definition) is 1. The van der Waals surface area contributed by atoms with Gasteiger partial charge in [-0.2, -0.15) is 0 Å². The summed E-state index contributed by atoms with van der Waals surface area (Å²) in [7, 11) is 0. The maximum atomic E-state index is 10.3. The molecule has 1 heterocycles. The zero-order valence-electron chi connectivity index (χ0n) is 15.0. The van der Waals surface area contributed by atoms with Crippen molar-refractivity contribution in [2.75, 3.05) is 13.2 Å². The zero-order valence-corrected chi connectivity index (χ0v) is 15.0. The molecule has 0 amide bonds. The summed E-state index contributed by atoms with van der Waals surface area (Å²) in [5.74, 6) is 0. The van der Waals surface area contributed by atoms with Crippen LogP contribution in [0.3, 0.4) is 0 Å². The summed E-state index contributed by atoms with van der Waals surface area (Å²) in [6.07, 6.45) is 1.99. The first-order chi connectivity index (χ1) is 12.9. The Bertz CT molecular complexity index is 831. The van der Waals surface area contributed by atoms with Crippen molar-refractivity contribution in [3.63, 3.8) is 0 Å². The number of rotatable bonds is 4. The van der Waals surface area contributed by atoms with Crippen molar-refractivity contribution in [1.29, 1.82) is 0 Å². The number of hydrogen-bond acceptors (Lipinski definition) is 2. The van der Waals surface area contributed by atoms with E-state index in [0.717, 1.165) is 19.4 Å². The molecule has 0 aromatic heterocycles. The van der Waals surface area contributed by atoms with Crippen LogP contribution in [0.5, 0.6) is 0 Å². The first-order valence-electron chi connectivity index (χ1n) is 9.40. The molecule has 1 aliphatic rings. The van der Waals surface area contributed by atoms with Crippen LogP contribution in [-0.2, 0) is 12.8 Å². The Labute approximate surface area is 155 Å². The van der Waals surface area contributed by atoms with Crippen molar-refractivity contribution >= 4 is 0 Å². The van der Waals surface area contributed by atoms with Gasteiger partial charge in [0.25, 0.3) is 0 Å². The lowest BCUT2D eigenvalue weighted by atomic mass is 9.94. The predicted octanol–water partition coefficient (Wildman–Crippen LogP) is 4.56. The van der Waals surface area contributed by atoms with Gasteiger partial charge >= 0.3 is 0 Å². The van der Waals surface area contributed by atoms with Gasteiger partial charge in [0.15, 0.2) is 0 Å². The molecule has 26 heavy (non-hydrogen) atoms. The lowest BCUT2D eigenvalue weighted by Gasteiger charge is -2.37. The van der Waals surface area contributed by atoms with E-state index in [1.165, 1.54) is 22.3 Å². The van der Waals surface area contributed by atoms with Gasteiger partial charge in [0.1, 0.15) is 0 Å². The van der Waals surface area contributed by atoms with Gasteiger partial charge in [0.2, 0.25) is 0 Å². The first kappa shape index (κ1) is 17.0. The minimum Gasteiger partial charge on any atom is -0.394 e. The minimum absolute atomic E-state index is 0.00992. The van der Waals surface area contributed by atoms with E-state index in [-0.39, 0.29) is 18.7 Å². The van der Waals surface area contributed by atoms with Crippen molar-refractivity contribution in [2.45, 2.75) is 24.9 Å². The molecular formula is C24H25NO. The smallest absolute Gasteiger partial charge is 0.0628 e. The van der Waals surface area contributed by atoms with E-state index in [4.69, 9.17) is 0 Å². The Morgan fingerprint density at radius 2 is 1.42 bits per heavy atom. The lowest BCUT2D eigenvalue weighted by Crippen LogP contribution is -2.36. The Morgan fingerprint density at radius 3 is 2.12 bits per heavy atom. The molecule has 0 radical (unpaired) electrons. The van der Waals surface area contributed by atoms with Crippen LogP contribution in [0.25, 0.3) is 0 Å². The van der Waals surface area contributed by atoms with Gasteiger partial charge in [-0.15, -0.1) is 0 Å². The average molecular weight is 343 g/mol. The van der Waals surface area contributed by atoms with E-state index in [0.29, 0.717) is 0 Å². The molecule has 1 aliphatic heterocycles. The van der Waals surface area contributed by atoms with Crippen LogP contribution in [0.15, 0.2) is 84.9 Å². The molecule has 132 valence electrons. The van der Waals surface area contributed by atoms with Gasteiger partial charge in [0.05, 0.1) is 12.6 Å². The van der Waals surface area contributed by atoms with Gasteiger partial charge in [-0.1, -0.05) is 84.9 Å². The molecular weight excluding hydrogens is 318 g/mol. The maximum Gasteiger partial charge on any atom is 0.0628 e. The van der Waals surface area contributed by atoms with Crippen LogP contribution < -0.4 is 0 Å². The Morgan fingerprint density at radius 1 is 0.808 bits per heavy atom. The second-order valence-electron chi connectivity index (χ2n) is 7.00. The molecule has 1 N–H and O–H groups in total. The first-order valence-corrected chi connectivity index (χ1v) is 9.40. The molecule has 0 saturated heterocycles. The molecule has 0 aliphatic carbocycles. The third kappa shape index (κ3) is 3.44. The fourth-order valence-electron chi connectivity index (χ4n) is 4.17. The van der Waals surface area contributed by atoms with Crippen molar-refractivity contribution in [2.24, 2.45) is 0 Å². The standard InChI is InChI=1S/C24H25NO/c26-18-24(21-12-5-2-6-13-21)25-16-15-19-9-7-8-14-22(19)17-23(25)20-10-3-1-4-11-20/h1-14,23-24,26H,15-18H2/t23-,24-/m0/s1. The minimum atomic E-state index is 0.00992. The molecule has 3 aromatic rings. The van der Waals surface area contributed by atoms with Gasteiger partial charge < -0.3 is 5.11 Å². The van der Waals surface area contributed by atoms with Gasteiger partial charge in [-0.3, -0.25) is 4.90 Å². The van der Waals surface area contributed by atoms with E-state index in [2.05, 4.69) is 83.8 Å². The molecule has 3 aromatic carbocycles. The van der Waals surface area contributed by atoms with E-state index >= 15 is 0 Å². The van der Waals surface area contributed by atoms with E-state index < -0.39 is 0 Å². The van der Waals surface area contributed by atoms with Crippen LogP contribution in [0.1, 0.15) is 34.3 Å². The molecule has 0 fully saturated rings. The SMILES string of the molecule is OC[C@@H](c1ccccc1)N1CCc2ccccc2C[C@H]1c1ccccc1. The van der Waals surface area contributed by atoms with Crippen molar-refractivity contribution in [3.8, 4) is 0 Å². The van der Waals surface area contributed by atoms with Gasteiger partial charge in [-0.05, 0) is 35.1 Å². The largest absolute Gasteiger partial charge is 0.394 e. The normalized spacial score (nSPS) is 18.7. The number of benzene rings is 3. The van der Waals surface area contributed by atoms with Gasteiger partial charge in [-0.25, -0.2) is 0 Å². The third-order valence-corrected chi connectivity index (χ3v) is 5.51. The highest BCUT2D eigenvalue weighted by molar-refractivity contribution is 5.33. The summed E-state index contributed by atoms with van der Waals surface area (Å²) >= 11 is 0.